The zero-order chi connectivity index (χ0) is 11.1. The molecule has 2 heterocycles. The van der Waals surface area contributed by atoms with Gasteiger partial charge in [-0.2, -0.15) is 4.98 Å². The van der Waals surface area contributed by atoms with E-state index in [1.165, 1.54) is 11.3 Å². The van der Waals surface area contributed by atoms with E-state index in [0.29, 0.717) is 16.8 Å². The lowest BCUT2D eigenvalue weighted by Gasteiger charge is -1.92. The van der Waals surface area contributed by atoms with Gasteiger partial charge in [0, 0.05) is 5.56 Å². The summed E-state index contributed by atoms with van der Waals surface area (Å²) in [7, 11) is 0. The van der Waals surface area contributed by atoms with Crippen LogP contribution in [0.1, 0.15) is 5.82 Å². The van der Waals surface area contributed by atoms with Gasteiger partial charge in [-0.1, -0.05) is 16.5 Å². The smallest absolute Gasteiger partial charge is 0.257 e. The van der Waals surface area contributed by atoms with E-state index in [-0.39, 0.29) is 0 Å². The maximum Gasteiger partial charge on any atom is 0.257 e. The molecule has 0 fully saturated rings. The summed E-state index contributed by atoms with van der Waals surface area (Å²) in [6.07, 6.45) is 0. The lowest BCUT2D eigenvalue weighted by molar-refractivity contribution is 0.425. The average Bonchev–Trinajstić information content (AvgIpc) is 2.81. The fourth-order valence-electron chi connectivity index (χ4n) is 1.49. The average molecular weight is 232 g/mol. The van der Waals surface area contributed by atoms with Crippen LogP contribution in [0.15, 0.2) is 22.7 Å². The Kier molecular flexibility index (Phi) is 1.90. The van der Waals surface area contributed by atoms with Gasteiger partial charge in [0.05, 0.1) is 10.2 Å². The molecule has 3 rings (SSSR count). The number of nitrogens with zero attached hydrogens (tertiary/aromatic N) is 3. The zero-order valence-electron chi connectivity index (χ0n) is 8.47. The van der Waals surface area contributed by atoms with Crippen LogP contribution in [-0.4, -0.2) is 15.1 Å². The third-order valence-electron chi connectivity index (χ3n) is 2.18. The van der Waals surface area contributed by atoms with Crippen molar-refractivity contribution in [1.82, 2.24) is 15.1 Å². The first kappa shape index (κ1) is 9.29. The van der Waals surface area contributed by atoms with Crippen LogP contribution in [0.4, 0.5) is 5.13 Å². The molecule has 0 atom stereocenters. The molecule has 80 valence electrons. The van der Waals surface area contributed by atoms with Gasteiger partial charge in [-0.25, -0.2) is 4.98 Å². The van der Waals surface area contributed by atoms with Crippen molar-refractivity contribution in [2.24, 2.45) is 0 Å². The van der Waals surface area contributed by atoms with Gasteiger partial charge < -0.3 is 10.3 Å². The van der Waals surface area contributed by atoms with Gasteiger partial charge in [-0.15, -0.1) is 0 Å². The molecule has 3 aromatic rings. The van der Waals surface area contributed by atoms with Crippen LogP contribution in [0.5, 0.6) is 0 Å². The minimum atomic E-state index is 0.520. The van der Waals surface area contributed by atoms with Crippen LogP contribution in [0.2, 0.25) is 0 Å². The highest BCUT2D eigenvalue weighted by Crippen LogP contribution is 2.28. The molecule has 0 aliphatic carbocycles. The van der Waals surface area contributed by atoms with Crippen LogP contribution in [0, 0.1) is 6.92 Å². The highest BCUT2D eigenvalue weighted by Gasteiger charge is 2.08. The first-order chi connectivity index (χ1) is 7.72. The number of aromatic nitrogens is 3. The Hall–Kier alpha value is -1.95. The fourth-order valence-corrected chi connectivity index (χ4v) is 2.26. The number of hydrogen-bond donors (Lipinski definition) is 1. The number of thiazole rings is 1. The van der Waals surface area contributed by atoms with E-state index in [2.05, 4.69) is 15.1 Å². The number of nitrogens with two attached hydrogens (primary N) is 1. The van der Waals surface area contributed by atoms with Gasteiger partial charge in [-0.05, 0) is 25.1 Å². The predicted molar refractivity (Wildman–Crippen MR) is 62.1 cm³/mol. The number of fused-ring (bicyclic) bond motifs is 1. The molecule has 2 N–H and O–H groups in total. The topological polar surface area (TPSA) is 77.8 Å². The number of anilines is 1. The van der Waals surface area contributed by atoms with E-state index in [9.17, 15) is 0 Å². The second-order valence-electron chi connectivity index (χ2n) is 3.38. The predicted octanol–water partition coefficient (Wildman–Crippen LogP) is 2.24. The number of nitrogen functional groups attached to an aromatic ring is 1. The minimum Gasteiger partial charge on any atom is -0.375 e. The molecular formula is C10H8N4OS. The highest BCUT2D eigenvalue weighted by molar-refractivity contribution is 7.22. The molecule has 1 aromatic carbocycles. The Morgan fingerprint density at radius 2 is 2.19 bits per heavy atom. The van der Waals surface area contributed by atoms with Crippen molar-refractivity contribution in [2.75, 3.05) is 5.73 Å². The molecule has 0 saturated heterocycles. The summed E-state index contributed by atoms with van der Waals surface area (Å²) >= 11 is 1.44. The first-order valence-corrected chi connectivity index (χ1v) is 5.51. The van der Waals surface area contributed by atoms with E-state index in [1.807, 2.05) is 18.2 Å². The van der Waals surface area contributed by atoms with Gasteiger partial charge in [0.1, 0.15) is 0 Å². The lowest BCUT2D eigenvalue weighted by Crippen LogP contribution is -1.79. The van der Waals surface area contributed by atoms with Gasteiger partial charge in [-0.3, -0.25) is 0 Å². The Morgan fingerprint density at radius 1 is 1.31 bits per heavy atom. The van der Waals surface area contributed by atoms with Crippen LogP contribution >= 0.6 is 11.3 Å². The molecule has 0 radical (unpaired) electrons. The van der Waals surface area contributed by atoms with Crippen molar-refractivity contribution in [3.8, 4) is 11.5 Å². The van der Waals surface area contributed by atoms with Crippen LogP contribution < -0.4 is 5.73 Å². The van der Waals surface area contributed by atoms with Crippen molar-refractivity contribution >= 4 is 26.7 Å². The molecule has 2 aromatic heterocycles. The third kappa shape index (κ3) is 1.43. The molecule has 6 heteroatoms. The molecular weight excluding hydrogens is 224 g/mol. The van der Waals surface area contributed by atoms with Gasteiger partial charge in [0.2, 0.25) is 0 Å². The molecule has 0 aliphatic rings. The summed E-state index contributed by atoms with van der Waals surface area (Å²) in [5.74, 6) is 1.14. The number of benzene rings is 1. The summed E-state index contributed by atoms with van der Waals surface area (Å²) in [4.78, 5) is 8.35. The van der Waals surface area contributed by atoms with Crippen molar-refractivity contribution in [3.63, 3.8) is 0 Å². The SMILES string of the molecule is Cc1noc(-c2ccc3nc(N)sc3c2)n1. The van der Waals surface area contributed by atoms with E-state index in [4.69, 9.17) is 10.3 Å². The van der Waals surface area contributed by atoms with Crippen LogP contribution in [0.3, 0.4) is 0 Å². The van der Waals surface area contributed by atoms with Crippen molar-refractivity contribution in [2.45, 2.75) is 6.92 Å². The molecule has 0 aliphatic heterocycles. The molecule has 16 heavy (non-hydrogen) atoms. The number of aryl methyl sites for hydroxylation is 1. The van der Waals surface area contributed by atoms with Crippen molar-refractivity contribution < 1.29 is 4.52 Å². The quantitative estimate of drug-likeness (QED) is 0.696. The summed E-state index contributed by atoms with van der Waals surface area (Å²) in [5.41, 5.74) is 7.42. The maximum absolute atomic E-state index is 5.64. The van der Waals surface area contributed by atoms with Crippen molar-refractivity contribution in [3.05, 3.63) is 24.0 Å². The highest BCUT2D eigenvalue weighted by atomic mass is 32.1. The van der Waals surface area contributed by atoms with Gasteiger partial charge in [0.15, 0.2) is 11.0 Å². The van der Waals surface area contributed by atoms with E-state index in [0.717, 1.165) is 15.8 Å². The lowest BCUT2D eigenvalue weighted by atomic mass is 10.2. The fraction of sp³-hybridized carbons (Fsp3) is 0.100. The molecule has 0 bridgehead atoms. The summed E-state index contributed by atoms with van der Waals surface area (Å²) in [5, 5.41) is 4.32. The standard InChI is InChI=1S/C10H8N4OS/c1-5-12-9(15-14-5)6-2-3-7-8(4-6)16-10(11)13-7/h2-4H,1H3,(H2,11,13). The zero-order valence-corrected chi connectivity index (χ0v) is 9.28. The number of rotatable bonds is 1. The molecule has 0 spiro atoms. The van der Waals surface area contributed by atoms with Crippen LogP contribution in [-0.2, 0) is 0 Å². The van der Waals surface area contributed by atoms with Crippen LogP contribution in [0.25, 0.3) is 21.7 Å². The number of hydrogen-bond acceptors (Lipinski definition) is 6. The normalized spacial score (nSPS) is 11.1. The Balaban J connectivity index is 2.17. The van der Waals surface area contributed by atoms with E-state index >= 15 is 0 Å². The monoisotopic (exact) mass is 232 g/mol. The largest absolute Gasteiger partial charge is 0.375 e. The van der Waals surface area contributed by atoms with Gasteiger partial charge >= 0.3 is 0 Å². The maximum atomic E-state index is 5.64. The van der Waals surface area contributed by atoms with Gasteiger partial charge in [0.25, 0.3) is 5.89 Å². The first-order valence-electron chi connectivity index (χ1n) is 4.69. The second-order valence-corrected chi connectivity index (χ2v) is 4.44. The second kappa shape index (κ2) is 3.28. The minimum absolute atomic E-state index is 0.520. The Bertz CT molecular complexity index is 658. The molecule has 0 saturated carbocycles. The summed E-state index contributed by atoms with van der Waals surface area (Å²) < 4.78 is 6.12. The Morgan fingerprint density at radius 3 is 2.94 bits per heavy atom. The summed E-state index contributed by atoms with van der Waals surface area (Å²) in [6.45, 7) is 1.79. The van der Waals surface area contributed by atoms with E-state index < -0.39 is 0 Å². The summed E-state index contributed by atoms with van der Waals surface area (Å²) in [6, 6.07) is 5.75. The Labute approximate surface area is 94.9 Å². The molecule has 0 unspecified atom stereocenters. The van der Waals surface area contributed by atoms with Crippen molar-refractivity contribution in [1.29, 1.82) is 0 Å². The van der Waals surface area contributed by atoms with E-state index in [1.54, 1.807) is 6.92 Å². The third-order valence-corrected chi connectivity index (χ3v) is 3.03. The molecule has 0 amide bonds. The molecule has 5 nitrogen and oxygen atoms in total.